The first-order chi connectivity index (χ1) is 14.2. The lowest BCUT2D eigenvalue weighted by atomic mass is 9.93. The van der Waals surface area contributed by atoms with Crippen LogP contribution in [0.3, 0.4) is 0 Å². The van der Waals surface area contributed by atoms with E-state index in [1.54, 1.807) is 0 Å². The molecule has 0 aliphatic rings. The van der Waals surface area contributed by atoms with Gasteiger partial charge in [0.2, 0.25) is 0 Å². The molecule has 0 atom stereocenters. The van der Waals surface area contributed by atoms with Gasteiger partial charge in [-0.25, -0.2) is 4.98 Å². The smallest absolute Gasteiger partial charge is 0.416 e. The number of alkyl halides is 3. The van der Waals surface area contributed by atoms with E-state index < -0.39 is 17.3 Å². The molecule has 4 N–H and O–H groups in total. The molecule has 168 valence electrons. The number of hydrogen-bond donors (Lipinski definition) is 3. The number of rotatable bonds is 8. The van der Waals surface area contributed by atoms with Gasteiger partial charge in [-0.2, -0.15) is 13.2 Å². The Labute approximate surface area is 184 Å². The monoisotopic (exact) mass is 456 g/mol. The SMILES string of the molecule is Cl.NC(CO)(CO)CCc1ccc(-c2coc(Cc3ccc(C(F)(F)F)cc3)n2)cc1. The minimum absolute atomic E-state index is 0. The zero-order valence-electron chi connectivity index (χ0n) is 16.6. The van der Waals surface area contributed by atoms with E-state index in [2.05, 4.69) is 4.98 Å². The van der Waals surface area contributed by atoms with E-state index in [1.807, 2.05) is 24.3 Å². The fraction of sp³-hybridized carbons (Fsp3) is 0.318. The molecule has 0 bridgehead atoms. The molecule has 0 aliphatic heterocycles. The van der Waals surface area contributed by atoms with Gasteiger partial charge in [-0.15, -0.1) is 12.4 Å². The quantitative estimate of drug-likeness (QED) is 0.476. The van der Waals surface area contributed by atoms with Crippen molar-refractivity contribution >= 4 is 12.4 Å². The van der Waals surface area contributed by atoms with Crippen LogP contribution in [0, 0.1) is 0 Å². The van der Waals surface area contributed by atoms with Crippen molar-refractivity contribution in [3.05, 3.63) is 77.4 Å². The molecule has 0 amide bonds. The third-order valence-electron chi connectivity index (χ3n) is 4.98. The highest BCUT2D eigenvalue weighted by molar-refractivity contribution is 5.85. The molecule has 1 aromatic heterocycles. The van der Waals surface area contributed by atoms with Crippen LogP contribution in [-0.2, 0) is 19.0 Å². The van der Waals surface area contributed by atoms with Gasteiger partial charge in [0.25, 0.3) is 0 Å². The molecule has 0 fully saturated rings. The molecule has 3 aromatic rings. The number of nitrogens with zero attached hydrogens (tertiary/aromatic N) is 1. The Bertz CT molecular complexity index is 953. The minimum atomic E-state index is -4.36. The van der Waals surface area contributed by atoms with Crippen LogP contribution in [0.2, 0.25) is 0 Å². The number of benzene rings is 2. The number of hydrogen-bond acceptors (Lipinski definition) is 5. The third-order valence-corrected chi connectivity index (χ3v) is 4.98. The summed E-state index contributed by atoms with van der Waals surface area (Å²) in [5.74, 6) is 0.410. The molecule has 0 spiro atoms. The topological polar surface area (TPSA) is 92.5 Å². The number of aryl methyl sites for hydroxylation is 1. The highest BCUT2D eigenvalue weighted by Crippen LogP contribution is 2.29. The number of oxazole rings is 1. The van der Waals surface area contributed by atoms with Crippen LogP contribution in [0.1, 0.15) is 29.0 Å². The molecule has 3 rings (SSSR count). The second-order valence-corrected chi connectivity index (χ2v) is 7.37. The zero-order chi connectivity index (χ0) is 21.8. The van der Waals surface area contributed by atoms with Gasteiger partial charge < -0.3 is 20.4 Å². The van der Waals surface area contributed by atoms with E-state index in [0.29, 0.717) is 30.0 Å². The van der Waals surface area contributed by atoms with Crippen molar-refractivity contribution < 1.29 is 27.8 Å². The Morgan fingerprint density at radius 3 is 2.03 bits per heavy atom. The Hall–Kier alpha value is -2.39. The predicted molar refractivity (Wildman–Crippen MR) is 113 cm³/mol. The molecular weight excluding hydrogens is 433 g/mol. The van der Waals surface area contributed by atoms with Crippen LogP contribution < -0.4 is 5.73 Å². The maximum absolute atomic E-state index is 12.6. The summed E-state index contributed by atoms with van der Waals surface area (Å²) in [5, 5.41) is 18.5. The summed E-state index contributed by atoms with van der Waals surface area (Å²) in [6.07, 6.45) is -1.51. The largest absolute Gasteiger partial charge is 0.448 e. The van der Waals surface area contributed by atoms with E-state index >= 15 is 0 Å². The maximum atomic E-state index is 12.6. The zero-order valence-corrected chi connectivity index (χ0v) is 17.4. The van der Waals surface area contributed by atoms with Crippen molar-refractivity contribution in [2.24, 2.45) is 5.73 Å². The fourth-order valence-corrected chi connectivity index (χ4v) is 2.95. The van der Waals surface area contributed by atoms with Gasteiger partial charge in [0.1, 0.15) is 12.0 Å². The lowest BCUT2D eigenvalue weighted by Crippen LogP contribution is -2.47. The van der Waals surface area contributed by atoms with E-state index in [9.17, 15) is 23.4 Å². The van der Waals surface area contributed by atoms with Crippen molar-refractivity contribution in [2.75, 3.05) is 13.2 Å². The van der Waals surface area contributed by atoms with E-state index in [-0.39, 0.29) is 32.0 Å². The normalized spacial score (nSPS) is 11.9. The lowest BCUT2D eigenvalue weighted by molar-refractivity contribution is -0.137. The van der Waals surface area contributed by atoms with Crippen LogP contribution >= 0.6 is 12.4 Å². The summed E-state index contributed by atoms with van der Waals surface area (Å²) in [6.45, 7) is -0.579. The van der Waals surface area contributed by atoms with Gasteiger partial charge in [-0.3, -0.25) is 0 Å². The minimum Gasteiger partial charge on any atom is -0.448 e. The Morgan fingerprint density at radius 1 is 0.903 bits per heavy atom. The van der Waals surface area contributed by atoms with E-state index in [4.69, 9.17) is 10.2 Å². The molecule has 9 heteroatoms. The average molecular weight is 457 g/mol. The van der Waals surface area contributed by atoms with Crippen molar-refractivity contribution in [3.63, 3.8) is 0 Å². The number of nitrogens with two attached hydrogens (primary N) is 1. The predicted octanol–water partition coefficient (Wildman–Crippen LogP) is 3.99. The van der Waals surface area contributed by atoms with Crippen LogP contribution in [0.15, 0.2) is 59.2 Å². The Balaban J connectivity index is 0.00000341. The number of halogens is 4. The third kappa shape index (κ3) is 6.54. The van der Waals surface area contributed by atoms with Gasteiger partial charge in [0.05, 0.1) is 24.3 Å². The summed E-state index contributed by atoms with van der Waals surface area (Å²) < 4.78 is 43.4. The second-order valence-electron chi connectivity index (χ2n) is 7.37. The molecular formula is C22H24ClF3N2O3. The van der Waals surface area contributed by atoms with Crippen molar-refractivity contribution in [3.8, 4) is 11.3 Å². The molecule has 0 radical (unpaired) electrons. The van der Waals surface area contributed by atoms with Gasteiger partial charge in [0, 0.05) is 12.0 Å². The second kappa shape index (κ2) is 10.3. The number of aromatic nitrogens is 1. The van der Waals surface area contributed by atoms with Crippen molar-refractivity contribution in [1.29, 1.82) is 0 Å². The molecule has 5 nitrogen and oxygen atoms in total. The standard InChI is InChI=1S/C22H23F3N2O3.ClH/c23-22(24,25)18-7-3-16(4-8-18)11-20-27-19(12-30-20)17-5-1-15(2-6-17)9-10-21(26,13-28)14-29;/h1-8,12,28-29H,9-11,13-14,26H2;1H. The maximum Gasteiger partial charge on any atom is 0.416 e. The molecule has 0 unspecified atom stereocenters. The van der Waals surface area contributed by atoms with Crippen LogP contribution in [0.4, 0.5) is 13.2 Å². The van der Waals surface area contributed by atoms with Gasteiger partial charge in [-0.05, 0) is 36.1 Å². The summed E-state index contributed by atoms with van der Waals surface area (Å²) >= 11 is 0. The average Bonchev–Trinajstić information content (AvgIpc) is 3.20. The van der Waals surface area contributed by atoms with Crippen LogP contribution in [0.25, 0.3) is 11.3 Å². The van der Waals surface area contributed by atoms with Crippen LogP contribution in [0.5, 0.6) is 0 Å². The first kappa shape index (κ1) is 24.9. The molecule has 2 aromatic carbocycles. The number of aliphatic hydroxyl groups is 2. The highest BCUT2D eigenvalue weighted by Gasteiger charge is 2.30. The van der Waals surface area contributed by atoms with E-state index in [1.165, 1.54) is 18.4 Å². The first-order valence-electron chi connectivity index (χ1n) is 9.43. The van der Waals surface area contributed by atoms with Gasteiger partial charge in [-0.1, -0.05) is 36.4 Å². The first-order valence-corrected chi connectivity index (χ1v) is 9.43. The van der Waals surface area contributed by atoms with Gasteiger partial charge in [0.15, 0.2) is 5.89 Å². The molecule has 31 heavy (non-hydrogen) atoms. The van der Waals surface area contributed by atoms with Crippen molar-refractivity contribution in [2.45, 2.75) is 31.0 Å². The molecule has 0 aliphatic carbocycles. The summed E-state index contributed by atoms with van der Waals surface area (Å²) in [6, 6.07) is 12.5. The van der Waals surface area contributed by atoms with Crippen LogP contribution in [-0.4, -0.2) is 33.9 Å². The van der Waals surface area contributed by atoms with Gasteiger partial charge >= 0.3 is 6.18 Å². The molecule has 1 heterocycles. The number of aliphatic hydroxyl groups excluding tert-OH is 2. The fourth-order valence-electron chi connectivity index (χ4n) is 2.95. The summed E-state index contributed by atoms with van der Waals surface area (Å²) in [7, 11) is 0. The molecule has 0 saturated heterocycles. The highest BCUT2D eigenvalue weighted by atomic mass is 35.5. The Morgan fingerprint density at radius 2 is 1.48 bits per heavy atom. The molecule has 0 saturated carbocycles. The summed E-state index contributed by atoms with van der Waals surface area (Å²) in [5.41, 5.74) is 7.33. The Kier molecular flexibility index (Phi) is 8.25. The van der Waals surface area contributed by atoms with E-state index in [0.717, 1.165) is 23.3 Å². The van der Waals surface area contributed by atoms with Crippen molar-refractivity contribution in [1.82, 2.24) is 4.98 Å². The summed E-state index contributed by atoms with van der Waals surface area (Å²) in [4.78, 5) is 4.41. The lowest BCUT2D eigenvalue weighted by Gasteiger charge is -2.24.